The second kappa shape index (κ2) is 5.43. The number of imide groups is 1. The SMILES string of the molecule is O=C1CCC(Nc2ncc(CBr)cc2F)C(=O)N1. The van der Waals surface area contributed by atoms with E-state index in [4.69, 9.17) is 0 Å². The van der Waals surface area contributed by atoms with Crippen molar-refractivity contribution in [3.8, 4) is 0 Å². The molecule has 1 aromatic heterocycles. The second-order valence-electron chi connectivity index (χ2n) is 3.96. The number of carbonyl (C=O) groups is 2. The average Bonchev–Trinajstić information content (AvgIpc) is 2.34. The smallest absolute Gasteiger partial charge is 0.249 e. The number of nitrogens with one attached hydrogen (secondary N) is 2. The fourth-order valence-electron chi connectivity index (χ4n) is 1.65. The van der Waals surface area contributed by atoms with E-state index in [0.29, 0.717) is 17.3 Å². The highest BCUT2D eigenvalue weighted by Gasteiger charge is 2.27. The first-order valence-electron chi connectivity index (χ1n) is 5.41. The van der Waals surface area contributed by atoms with Gasteiger partial charge in [-0.15, -0.1) is 0 Å². The molecule has 0 radical (unpaired) electrons. The van der Waals surface area contributed by atoms with Crippen LogP contribution in [0.1, 0.15) is 18.4 Å². The van der Waals surface area contributed by atoms with Crippen LogP contribution in [0.3, 0.4) is 0 Å². The minimum absolute atomic E-state index is 0.0224. The Kier molecular flexibility index (Phi) is 3.90. The highest BCUT2D eigenvalue weighted by Crippen LogP contribution is 2.17. The van der Waals surface area contributed by atoms with Gasteiger partial charge >= 0.3 is 0 Å². The lowest BCUT2D eigenvalue weighted by Gasteiger charge is -2.22. The van der Waals surface area contributed by atoms with E-state index in [-0.39, 0.29) is 18.1 Å². The molecule has 1 aromatic rings. The Hall–Kier alpha value is -1.50. The summed E-state index contributed by atoms with van der Waals surface area (Å²) >= 11 is 3.20. The average molecular weight is 316 g/mol. The van der Waals surface area contributed by atoms with Crippen LogP contribution in [-0.4, -0.2) is 22.8 Å². The first-order chi connectivity index (χ1) is 8.60. The number of piperidine rings is 1. The zero-order chi connectivity index (χ0) is 13.1. The zero-order valence-electron chi connectivity index (χ0n) is 9.37. The number of aromatic nitrogens is 1. The summed E-state index contributed by atoms with van der Waals surface area (Å²) in [7, 11) is 0. The van der Waals surface area contributed by atoms with Crippen molar-refractivity contribution < 1.29 is 14.0 Å². The van der Waals surface area contributed by atoms with Gasteiger partial charge in [0.05, 0.1) is 0 Å². The number of halogens is 2. The van der Waals surface area contributed by atoms with Gasteiger partial charge in [0.2, 0.25) is 11.8 Å². The van der Waals surface area contributed by atoms with Crippen molar-refractivity contribution in [1.82, 2.24) is 10.3 Å². The Morgan fingerprint density at radius 3 is 2.94 bits per heavy atom. The third-order valence-electron chi connectivity index (χ3n) is 2.60. The minimum Gasteiger partial charge on any atom is -0.356 e. The Labute approximate surface area is 111 Å². The van der Waals surface area contributed by atoms with Crippen molar-refractivity contribution in [2.24, 2.45) is 0 Å². The molecule has 2 amide bonds. The van der Waals surface area contributed by atoms with Gasteiger partial charge < -0.3 is 5.32 Å². The summed E-state index contributed by atoms with van der Waals surface area (Å²) in [5, 5.41) is 5.41. The lowest BCUT2D eigenvalue weighted by molar-refractivity contribution is -0.133. The summed E-state index contributed by atoms with van der Waals surface area (Å²) in [5.74, 6) is -1.25. The van der Waals surface area contributed by atoms with Crippen LogP contribution in [-0.2, 0) is 14.9 Å². The maximum Gasteiger partial charge on any atom is 0.249 e. The summed E-state index contributed by atoms with van der Waals surface area (Å²) in [4.78, 5) is 26.4. The van der Waals surface area contributed by atoms with Crippen LogP contribution in [0.25, 0.3) is 0 Å². The molecule has 0 spiro atoms. The Morgan fingerprint density at radius 1 is 1.56 bits per heavy atom. The van der Waals surface area contributed by atoms with Gasteiger partial charge in [-0.05, 0) is 18.1 Å². The number of rotatable bonds is 3. The molecule has 2 N–H and O–H groups in total. The molecule has 1 saturated heterocycles. The molecule has 7 heteroatoms. The van der Waals surface area contributed by atoms with Crippen molar-refractivity contribution in [2.45, 2.75) is 24.2 Å². The van der Waals surface area contributed by atoms with Gasteiger partial charge in [0.25, 0.3) is 0 Å². The Morgan fingerprint density at radius 2 is 2.33 bits per heavy atom. The topological polar surface area (TPSA) is 71.1 Å². The fourth-order valence-corrected chi connectivity index (χ4v) is 1.96. The van der Waals surface area contributed by atoms with Gasteiger partial charge in [-0.3, -0.25) is 14.9 Å². The van der Waals surface area contributed by atoms with E-state index in [0.717, 1.165) is 0 Å². The minimum atomic E-state index is -0.625. The number of alkyl halides is 1. The van der Waals surface area contributed by atoms with E-state index in [9.17, 15) is 14.0 Å². The molecule has 0 bridgehead atoms. The lowest BCUT2D eigenvalue weighted by atomic mass is 10.1. The van der Waals surface area contributed by atoms with Crippen molar-refractivity contribution in [3.05, 3.63) is 23.6 Å². The molecule has 96 valence electrons. The standard InChI is InChI=1S/C11H11BrFN3O2/c12-4-6-3-7(13)10(14-5-6)15-8-1-2-9(17)16-11(8)18/h3,5,8H,1-2,4H2,(H,14,15)(H,16,17,18). The van der Waals surface area contributed by atoms with Crippen LogP contribution in [0.5, 0.6) is 0 Å². The lowest BCUT2D eigenvalue weighted by Crippen LogP contribution is -2.47. The van der Waals surface area contributed by atoms with Crippen molar-refractivity contribution in [1.29, 1.82) is 0 Å². The van der Waals surface area contributed by atoms with Crippen molar-refractivity contribution in [3.63, 3.8) is 0 Å². The molecule has 1 fully saturated rings. The molecule has 2 rings (SSSR count). The summed E-state index contributed by atoms with van der Waals surface area (Å²) < 4.78 is 13.7. The van der Waals surface area contributed by atoms with Crippen LogP contribution in [0.2, 0.25) is 0 Å². The normalized spacial score (nSPS) is 19.6. The van der Waals surface area contributed by atoms with E-state index in [2.05, 4.69) is 31.5 Å². The van der Waals surface area contributed by atoms with Crippen LogP contribution >= 0.6 is 15.9 Å². The monoisotopic (exact) mass is 315 g/mol. The molecule has 0 saturated carbocycles. The van der Waals surface area contributed by atoms with E-state index in [1.54, 1.807) is 0 Å². The van der Waals surface area contributed by atoms with Gasteiger partial charge in [-0.2, -0.15) is 0 Å². The van der Waals surface area contributed by atoms with Gasteiger partial charge in [0.1, 0.15) is 6.04 Å². The second-order valence-corrected chi connectivity index (χ2v) is 4.52. The highest BCUT2D eigenvalue weighted by molar-refractivity contribution is 9.08. The number of pyridine rings is 1. The van der Waals surface area contributed by atoms with Gasteiger partial charge in [0.15, 0.2) is 11.6 Å². The number of nitrogens with zero attached hydrogens (tertiary/aromatic N) is 1. The molecule has 1 atom stereocenters. The third-order valence-corrected chi connectivity index (χ3v) is 3.25. The quantitative estimate of drug-likeness (QED) is 0.652. The number of carbonyl (C=O) groups excluding carboxylic acids is 2. The number of hydrogen-bond acceptors (Lipinski definition) is 4. The molecule has 0 aliphatic carbocycles. The predicted octanol–water partition coefficient (Wildman–Crippen LogP) is 1.33. The maximum atomic E-state index is 13.7. The highest BCUT2D eigenvalue weighted by atomic mass is 79.9. The molecular weight excluding hydrogens is 305 g/mol. The third kappa shape index (κ3) is 2.84. The molecular formula is C11H11BrFN3O2. The Balaban J connectivity index is 2.09. The molecule has 18 heavy (non-hydrogen) atoms. The zero-order valence-corrected chi connectivity index (χ0v) is 11.0. The molecule has 2 heterocycles. The summed E-state index contributed by atoms with van der Waals surface area (Å²) in [6.07, 6.45) is 2.10. The number of anilines is 1. The predicted molar refractivity (Wildman–Crippen MR) is 66.6 cm³/mol. The first-order valence-corrected chi connectivity index (χ1v) is 6.53. The number of hydrogen-bond donors (Lipinski definition) is 2. The fraction of sp³-hybridized carbons (Fsp3) is 0.364. The van der Waals surface area contributed by atoms with Crippen molar-refractivity contribution >= 4 is 33.6 Å². The van der Waals surface area contributed by atoms with Crippen molar-refractivity contribution in [2.75, 3.05) is 5.32 Å². The van der Waals surface area contributed by atoms with Crippen LogP contribution < -0.4 is 10.6 Å². The summed E-state index contributed by atoms with van der Waals surface area (Å²) in [6, 6.07) is 0.718. The van der Waals surface area contributed by atoms with Crippen LogP contribution in [0.4, 0.5) is 10.2 Å². The van der Waals surface area contributed by atoms with Gasteiger partial charge in [0, 0.05) is 17.9 Å². The summed E-state index contributed by atoms with van der Waals surface area (Å²) in [5.41, 5.74) is 0.710. The molecule has 0 aromatic carbocycles. The van der Waals surface area contributed by atoms with Crippen LogP contribution in [0, 0.1) is 5.82 Å². The van der Waals surface area contributed by atoms with Gasteiger partial charge in [-0.25, -0.2) is 9.37 Å². The first kappa shape index (κ1) is 12.9. The maximum absolute atomic E-state index is 13.7. The molecule has 1 aliphatic heterocycles. The largest absolute Gasteiger partial charge is 0.356 e. The Bertz CT molecular complexity index is 495. The van der Waals surface area contributed by atoms with Gasteiger partial charge in [-0.1, -0.05) is 15.9 Å². The summed E-state index contributed by atoms with van der Waals surface area (Å²) in [6.45, 7) is 0. The van der Waals surface area contributed by atoms with Crippen LogP contribution in [0.15, 0.2) is 12.3 Å². The molecule has 1 aliphatic rings. The van der Waals surface area contributed by atoms with E-state index < -0.39 is 17.8 Å². The van der Waals surface area contributed by atoms with E-state index >= 15 is 0 Å². The number of amides is 2. The molecule has 5 nitrogen and oxygen atoms in total. The molecule has 1 unspecified atom stereocenters. The van der Waals surface area contributed by atoms with E-state index in [1.807, 2.05) is 0 Å². The van der Waals surface area contributed by atoms with E-state index in [1.165, 1.54) is 12.3 Å².